The normalized spacial score (nSPS) is 12.4. The van der Waals surface area contributed by atoms with Crippen molar-refractivity contribution in [2.45, 2.75) is 6.18 Å². The number of aliphatic imine (C=N–C) groups is 1. The molecule has 2 rings (SSSR count). The summed E-state index contributed by atoms with van der Waals surface area (Å²) in [6.07, 6.45) is -4.94. The van der Waals surface area contributed by atoms with E-state index in [9.17, 15) is 26.3 Å². The first-order valence-corrected chi connectivity index (χ1v) is 7.97. The lowest BCUT2D eigenvalue weighted by molar-refractivity contribution is -0.138. The first-order valence-electron chi connectivity index (χ1n) is 6.65. The van der Waals surface area contributed by atoms with Crippen LogP contribution in [0.25, 0.3) is 0 Å². The average Bonchev–Trinajstić information content (AvgIpc) is 2.53. The molecule has 0 atom stereocenters. The maximum atomic E-state index is 14.0. The van der Waals surface area contributed by atoms with Crippen molar-refractivity contribution in [3.8, 4) is 11.5 Å². The van der Waals surface area contributed by atoms with Crippen LogP contribution in [0.1, 0.15) is 5.56 Å². The summed E-state index contributed by atoms with van der Waals surface area (Å²) in [4.78, 5) is 3.69. The Labute approximate surface area is 156 Å². The van der Waals surface area contributed by atoms with Crippen LogP contribution in [0.4, 0.5) is 32.0 Å². The number of hydrogen-bond acceptors (Lipinski definition) is 2. The zero-order valence-electron chi connectivity index (χ0n) is 12.5. The molecular weight excluding hydrogens is 454 g/mol. The average molecular weight is 462 g/mol. The largest absolute Gasteiger partial charge is 0.450 e. The summed E-state index contributed by atoms with van der Waals surface area (Å²) in [6, 6.07) is 1.98. The van der Waals surface area contributed by atoms with Gasteiger partial charge in [0.1, 0.15) is 17.3 Å². The number of nitrogens with zero attached hydrogens (tertiary/aromatic N) is 1. The molecule has 0 spiro atoms. The molecule has 2 aromatic rings. The molecule has 0 amide bonds. The molecule has 0 saturated carbocycles. The van der Waals surface area contributed by atoms with Gasteiger partial charge in [-0.15, -0.1) is 11.6 Å². The lowest BCUT2D eigenvalue weighted by Crippen LogP contribution is -2.12. The van der Waals surface area contributed by atoms with Gasteiger partial charge in [0.2, 0.25) is 0 Å². The van der Waals surface area contributed by atoms with Crippen LogP contribution >= 0.6 is 27.5 Å². The zero-order valence-corrected chi connectivity index (χ0v) is 14.8. The molecule has 0 radical (unpaired) electrons. The van der Waals surface area contributed by atoms with Crippen molar-refractivity contribution in [1.82, 2.24) is 0 Å². The Morgan fingerprint density at radius 2 is 1.65 bits per heavy atom. The van der Waals surface area contributed by atoms with Crippen molar-refractivity contribution < 1.29 is 31.1 Å². The summed E-state index contributed by atoms with van der Waals surface area (Å²) in [6.45, 7) is 0. The van der Waals surface area contributed by atoms with Crippen LogP contribution in [0.3, 0.4) is 0 Å². The number of benzene rings is 2. The molecular formula is C15H8BrClF6N2O. The molecule has 0 aliphatic rings. The Balaban J connectivity index is 2.42. The highest BCUT2D eigenvalue weighted by Gasteiger charge is 2.33. The van der Waals surface area contributed by atoms with Crippen molar-refractivity contribution in [3.63, 3.8) is 0 Å². The van der Waals surface area contributed by atoms with E-state index < -0.39 is 34.9 Å². The summed E-state index contributed by atoms with van der Waals surface area (Å²) in [5.74, 6) is -5.89. The van der Waals surface area contributed by atoms with Crippen molar-refractivity contribution in [2.75, 3.05) is 5.88 Å². The van der Waals surface area contributed by atoms with E-state index in [-0.39, 0.29) is 39.8 Å². The third-order valence-corrected chi connectivity index (χ3v) is 3.83. The predicted molar refractivity (Wildman–Crippen MR) is 87.5 cm³/mol. The van der Waals surface area contributed by atoms with Gasteiger partial charge in [0.15, 0.2) is 23.2 Å². The second-order valence-corrected chi connectivity index (χ2v) is 5.96. The topological polar surface area (TPSA) is 47.6 Å². The molecule has 140 valence electrons. The smallest absolute Gasteiger partial charge is 0.416 e. The number of rotatable bonds is 4. The van der Waals surface area contributed by atoms with Crippen LogP contribution < -0.4 is 10.5 Å². The van der Waals surface area contributed by atoms with Gasteiger partial charge in [-0.25, -0.2) is 18.2 Å². The Morgan fingerprint density at radius 3 is 2.15 bits per heavy atom. The van der Waals surface area contributed by atoms with Crippen LogP contribution in [0.15, 0.2) is 33.7 Å². The fourth-order valence-electron chi connectivity index (χ4n) is 1.80. The highest BCUT2D eigenvalue weighted by atomic mass is 79.9. The van der Waals surface area contributed by atoms with E-state index in [0.717, 1.165) is 12.1 Å². The molecule has 0 unspecified atom stereocenters. The fourth-order valence-corrected chi connectivity index (χ4v) is 2.27. The van der Waals surface area contributed by atoms with Gasteiger partial charge < -0.3 is 10.5 Å². The highest BCUT2D eigenvalue weighted by Crippen LogP contribution is 2.39. The van der Waals surface area contributed by atoms with Crippen LogP contribution in [0.2, 0.25) is 0 Å². The Bertz CT molecular complexity index is 849. The predicted octanol–water partition coefficient (Wildman–Crippen LogP) is 5.91. The second kappa shape index (κ2) is 7.75. The van der Waals surface area contributed by atoms with Gasteiger partial charge in [0.05, 0.1) is 15.9 Å². The van der Waals surface area contributed by atoms with E-state index in [4.69, 9.17) is 22.1 Å². The molecule has 0 fully saturated rings. The van der Waals surface area contributed by atoms with Gasteiger partial charge in [0, 0.05) is 6.07 Å². The number of amidine groups is 1. The standard InChI is InChI=1S/C15H8BrClF6N2O/c16-7-3-11(25-13(24)5-17)8(18)4-12(7)26-14-9(19)1-6(2-10(14)20)15(21,22)23/h1-4H,5H2,(H2,24,25). The SMILES string of the molecule is NC(CCl)=Nc1cc(Br)c(Oc2c(F)cc(C(F)(F)F)cc2F)cc1F. The Morgan fingerprint density at radius 1 is 1.08 bits per heavy atom. The molecule has 0 heterocycles. The molecule has 26 heavy (non-hydrogen) atoms. The lowest BCUT2D eigenvalue weighted by Gasteiger charge is -2.13. The summed E-state index contributed by atoms with van der Waals surface area (Å²) >= 11 is 8.42. The van der Waals surface area contributed by atoms with Crippen LogP contribution in [0.5, 0.6) is 11.5 Å². The fraction of sp³-hybridized carbons (Fsp3) is 0.133. The number of halogens is 8. The van der Waals surface area contributed by atoms with Crippen LogP contribution in [-0.4, -0.2) is 11.7 Å². The minimum Gasteiger partial charge on any atom is -0.450 e. The van der Waals surface area contributed by atoms with Gasteiger partial charge in [-0.3, -0.25) is 0 Å². The van der Waals surface area contributed by atoms with Gasteiger partial charge >= 0.3 is 6.18 Å². The van der Waals surface area contributed by atoms with Crippen molar-refractivity contribution in [3.05, 3.63) is 51.8 Å². The van der Waals surface area contributed by atoms with Gasteiger partial charge in [-0.05, 0) is 34.1 Å². The van der Waals surface area contributed by atoms with E-state index >= 15 is 0 Å². The van der Waals surface area contributed by atoms with Crippen molar-refractivity contribution >= 4 is 39.1 Å². The van der Waals surface area contributed by atoms with Gasteiger partial charge in [0.25, 0.3) is 0 Å². The molecule has 2 N–H and O–H groups in total. The molecule has 0 bridgehead atoms. The van der Waals surface area contributed by atoms with E-state index in [0.29, 0.717) is 0 Å². The van der Waals surface area contributed by atoms with E-state index in [1.54, 1.807) is 0 Å². The molecule has 0 saturated heterocycles. The summed E-state index contributed by atoms with van der Waals surface area (Å²) in [7, 11) is 0. The van der Waals surface area contributed by atoms with Crippen LogP contribution in [0, 0.1) is 17.5 Å². The molecule has 3 nitrogen and oxygen atoms in total. The summed E-state index contributed by atoms with van der Waals surface area (Å²) < 4.78 is 84.2. The van der Waals surface area contributed by atoms with Crippen LogP contribution in [-0.2, 0) is 6.18 Å². The zero-order chi connectivity index (χ0) is 19.6. The summed E-state index contributed by atoms with van der Waals surface area (Å²) in [5.41, 5.74) is 3.64. The second-order valence-electron chi connectivity index (χ2n) is 4.84. The quantitative estimate of drug-likeness (QED) is 0.267. The summed E-state index contributed by atoms with van der Waals surface area (Å²) in [5, 5.41) is 0. The van der Waals surface area contributed by atoms with Crippen molar-refractivity contribution in [1.29, 1.82) is 0 Å². The monoisotopic (exact) mass is 460 g/mol. The van der Waals surface area contributed by atoms with Crippen molar-refractivity contribution in [2.24, 2.45) is 10.7 Å². The maximum absolute atomic E-state index is 14.0. The highest BCUT2D eigenvalue weighted by molar-refractivity contribution is 9.10. The number of hydrogen-bond donors (Lipinski definition) is 1. The molecule has 0 aliphatic carbocycles. The minimum atomic E-state index is -4.94. The Hall–Kier alpha value is -1.94. The first kappa shape index (κ1) is 20.4. The molecule has 0 aliphatic heterocycles. The first-order chi connectivity index (χ1) is 12.0. The Kier molecular flexibility index (Phi) is 6.07. The third-order valence-electron chi connectivity index (χ3n) is 2.94. The molecule has 2 aromatic carbocycles. The number of nitrogens with two attached hydrogens (primary N) is 1. The van der Waals surface area contributed by atoms with E-state index in [1.165, 1.54) is 0 Å². The minimum absolute atomic E-state index is 0.0266. The molecule has 0 aromatic heterocycles. The third kappa shape index (κ3) is 4.61. The number of ether oxygens (including phenoxy) is 1. The van der Waals surface area contributed by atoms with E-state index in [2.05, 4.69) is 20.9 Å². The van der Waals surface area contributed by atoms with Gasteiger partial charge in [-0.1, -0.05) is 0 Å². The number of alkyl halides is 4. The molecule has 11 heteroatoms. The lowest BCUT2D eigenvalue weighted by atomic mass is 10.2. The van der Waals surface area contributed by atoms with E-state index in [1.807, 2.05) is 0 Å². The van der Waals surface area contributed by atoms with Gasteiger partial charge in [-0.2, -0.15) is 13.2 Å². The maximum Gasteiger partial charge on any atom is 0.416 e.